The molecule has 0 N–H and O–H groups in total. The maximum atomic E-state index is 13.0. The molecule has 0 saturated heterocycles. The minimum absolute atomic E-state index is 0.0620. The van der Waals surface area contributed by atoms with Crippen LogP contribution >= 0.6 is 22.9 Å². The minimum atomic E-state index is -0.155. The van der Waals surface area contributed by atoms with Crippen molar-refractivity contribution in [3.05, 3.63) is 89.4 Å². The first-order valence-corrected chi connectivity index (χ1v) is 9.97. The summed E-state index contributed by atoms with van der Waals surface area (Å²) in [5, 5.41) is 1.28. The zero-order chi connectivity index (χ0) is 19.3. The Morgan fingerprint density at radius 2 is 1.71 bits per heavy atom. The molecule has 0 aliphatic carbocycles. The summed E-state index contributed by atoms with van der Waals surface area (Å²) in [6.45, 7) is 0.360. The van der Waals surface area contributed by atoms with Crippen molar-refractivity contribution in [2.24, 2.45) is 0 Å². The third-order valence-electron chi connectivity index (χ3n) is 4.16. The van der Waals surface area contributed by atoms with Crippen LogP contribution in [0, 0.1) is 0 Å². The zero-order valence-corrected chi connectivity index (χ0v) is 16.5. The highest BCUT2D eigenvalue weighted by atomic mass is 35.5. The van der Waals surface area contributed by atoms with Gasteiger partial charge in [-0.1, -0.05) is 71.5 Å². The van der Waals surface area contributed by atoms with Crippen molar-refractivity contribution >= 4 is 44.2 Å². The molecular formula is C22H17ClN2O2S. The molecule has 28 heavy (non-hydrogen) atoms. The first-order chi connectivity index (χ1) is 13.7. The van der Waals surface area contributed by atoms with Gasteiger partial charge in [0.2, 0.25) is 0 Å². The highest BCUT2D eigenvalue weighted by Crippen LogP contribution is 2.31. The zero-order valence-electron chi connectivity index (χ0n) is 14.9. The van der Waals surface area contributed by atoms with E-state index in [1.54, 1.807) is 11.0 Å². The second-order valence-corrected chi connectivity index (χ2v) is 7.62. The normalized spacial score (nSPS) is 10.8. The van der Waals surface area contributed by atoms with Crippen LogP contribution in [0.1, 0.15) is 5.56 Å². The summed E-state index contributed by atoms with van der Waals surface area (Å²) in [6, 6.07) is 24.7. The van der Waals surface area contributed by atoms with Crippen LogP contribution in [0.5, 0.6) is 5.75 Å². The first kappa shape index (κ1) is 18.5. The number of carbonyl (C=O) groups excluding carboxylic acids is 1. The van der Waals surface area contributed by atoms with Gasteiger partial charge in [-0.15, -0.1) is 0 Å². The molecule has 4 nitrogen and oxygen atoms in total. The number of thiazole rings is 1. The summed E-state index contributed by atoms with van der Waals surface area (Å²) in [7, 11) is 0. The molecular weight excluding hydrogens is 392 g/mol. The molecule has 0 radical (unpaired) electrons. The van der Waals surface area contributed by atoms with Gasteiger partial charge in [0.15, 0.2) is 11.7 Å². The number of anilines is 1. The maximum Gasteiger partial charge on any atom is 0.267 e. The van der Waals surface area contributed by atoms with Gasteiger partial charge in [-0.3, -0.25) is 9.69 Å². The lowest BCUT2D eigenvalue weighted by Gasteiger charge is -2.20. The van der Waals surface area contributed by atoms with Crippen LogP contribution in [0.3, 0.4) is 0 Å². The number of hydrogen-bond donors (Lipinski definition) is 0. The number of halogens is 1. The van der Waals surface area contributed by atoms with Crippen LogP contribution in [-0.2, 0) is 11.3 Å². The van der Waals surface area contributed by atoms with Crippen LogP contribution in [0.25, 0.3) is 10.2 Å². The molecule has 0 aliphatic rings. The lowest BCUT2D eigenvalue weighted by atomic mass is 10.2. The Hall–Kier alpha value is -2.89. The fraction of sp³-hybridized carbons (Fsp3) is 0.0909. The lowest BCUT2D eigenvalue weighted by Crippen LogP contribution is -2.34. The Balaban J connectivity index is 1.61. The maximum absolute atomic E-state index is 13.0. The van der Waals surface area contributed by atoms with E-state index < -0.39 is 0 Å². The van der Waals surface area contributed by atoms with Crippen LogP contribution in [0.4, 0.5) is 5.13 Å². The summed E-state index contributed by atoms with van der Waals surface area (Å²) >= 11 is 7.54. The number of benzene rings is 3. The highest BCUT2D eigenvalue weighted by molar-refractivity contribution is 7.22. The Kier molecular flexibility index (Phi) is 5.55. The minimum Gasteiger partial charge on any atom is -0.484 e. The number of para-hydroxylation sites is 1. The number of fused-ring (bicyclic) bond motifs is 1. The van der Waals surface area contributed by atoms with E-state index >= 15 is 0 Å². The van der Waals surface area contributed by atoms with E-state index in [1.807, 2.05) is 72.8 Å². The molecule has 1 heterocycles. The fourth-order valence-electron chi connectivity index (χ4n) is 2.77. The molecule has 0 saturated carbocycles. The molecule has 4 rings (SSSR count). The van der Waals surface area contributed by atoms with Crippen LogP contribution < -0.4 is 9.64 Å². The van der Waals surface area contributed by atoms with E-state index in [0.29, 0.717) is 22.4 Å². The van der Waals surface area contributed by atoms with Gasteiger partial charge in [-0.2, -0.15) is 0 Å². The number of aromatic nitrogens is 1. The Bertz CT molecular complexity index is 1080. The summed E-state index contributed by atoms with van der Waals surface area (Å²) in [4.78, 5) is 19.3. The van der Waals surface area contributed by atoms with Gasteiger partial charge in [-0.05, 0) is 35.9 Å². The molecule has 0 atom stereocenters. The second kappa shape index (κ2) is 8.42. The van der Waals surface area contributed by atoms with Gasteiger partial charge in [0.1, 0.15) is 5.75 Å². The molecule has 0 bridgehead atoms. The highest BCUT2D eigenvalue weighted by Gasteiger charge is 2.21. The largest absolute Gasteiger partial charge is 0.484 e. The smallest absolute Gasteiger partial charge is 0.267 e. The summed E-state index contributed by atoms with van der Waals surface area (Å²) < 4.78 is 6.61. The number of carbonyl (C=O) groups is 1. The summed E-state index contributed by atoms with van der Waals surface area (Å²) in [5.41, 5.74) is 1.84. The van der Waals surface area contributed by atoms with Crippen molar-refractivity contribution in [2.75, 3.05) is 11.5 Å². The SMILES string of the molecule is O=C(COc1ccccc1)N(Cc1ccccc1)c1nc2ccc(Cl)cc2s1. The third-order valence-corrected chi connectivity index (χ3v) is 5.44. The second-order valence-electron chi connectivity index (χ2n) is 6.18. The van der Waals surface area contributed by atoms with Gasteiger partial charge >= 0.3 is 0 Å². The van der Waals surface area contributed by atoms with Crippen molar-refractivity contribution in [1.82, 2.24) is 4.98 Å². The van der Waals surface area contributed by atoms with Crippen LogP contribution in [-0.4, -0.2) is 17.5 Å². The quantitative estimate of drug-likeness (QED) is 0.419. The summed E-state index contributed by atoms with van der Waals surface area (Å²) in [6.07, 6.45) is 0. The van der Waals surface area contributed by atoms with Crippen molar-refractivity contribution in [3.63, 3.8) is 0 Å². The Morgan fingerprint density at radius 1 is 1.00 bits per heavy atom. The summed E-state index contributed by atoms with van der Waals surface area (Å²) in [5.74, 6) is 0.504. The van der Waals surface area contributed by atoms with Crippen molar-refractivity contribution in [2.45, 2.75) is 6.54 Å². The van der Waals surface area contributed by atoms with Crippen molar-refractivity contribution < 1.29 is 9.53 Å². The van der Waals surface area contributed by atoms with Gasteiger partial charge in [-0.25, -0.2) is 4.98 Å². The standard InChI is InChI=1S/C22H17ClN2O2S/c23-17-11-12-19-20(13-17)28-22(24-19)25(14-16-7-3-1-4-8-16)21(26)15-27-18-9-5-2-6-10-18/h1-13H,14-15H2. The van der Waals surface area contributed by atoms with Crippen molar-refractivity contribution in [3.8, 4) is 5.75 Å². The molecule has 1 aromatic heterocycles. The molecule has 0 unspecified atom stereocenters. The third kappa shape index (κ3) is 4.32. The average molecular weight is 409 g/mol. The van der Waals surface area contributed by atoms with Gasteiger partial charge < -0.3 is 4.74 Å². The lowest BCUT2D eigenvalue weighted by molar-refractivity contribution is -0.120. The van der Waals surface area contributed by atoms with E-state index in [9.17, 15) is 4.79 Å². The van der Waals surface area contributed by atoms with Gasteiger partial charge in [0.25, 0.3) is 5.91 Å². The van der Waals surface area contributed by atoms with Gasteiger partial charge in [0.05, 0.1) is 16.8 Å². The van der Waals surface area contributed by atoms with E-state index in [0.717, 1.165) is 15.8 Å². The van der Waals surface area contributed by atoms with Crippen LogP contribution in [0.2, 0.25) is 5.02 Å². The number of rotatable bonds is 6. The van der Waals surface area contributed by atoms with E-state index in [-0.39, 0.29) is 12.5 Å². The average Bonchev–Trinajstić information content (AvgIpc) is 3.14. The van der Waals surface area contributed by atoms with E-state index in [4.69, 9.17) is 16.3 Å². The molecule has 0 fully saturated rings. The predicted octanol–water partition coefficient (Wildman–Crippen LogP) is 5.56. The molecule has 4 aromatic rings. The Morgan fingerprint density at radius 3 is 2.46 bits per heavy atom. The molecule has 0 spiro atoms. The number of ether oxygens (including phenoxy) is 1. The van der Waals surface area contributed by atoms with Gasteiger partial charge in [0, 0.05) is 5.02 Å². The van der Waals surface area contributed by atoms with E-state index in [2.05, 4.69) is 4.98 Å². The van der Waals surface area contributed by atoms with Crippen LogP contribution in [0.15, 0.2) is 78.9 Å². The molecule has 1 amide bonds. The topological polar surface area (TPSA) is 42.4 Å². The molecule has 0 aliphatic heterocycles. The first-order valence-electron chi connectivity index (χ1n) is 8.77. The molecule has 6 heteroatoms. The van der Waals surface area contributed by atoms with Crippen molar-refractivity contribution in [1.29, 1.82) is 0 Å². The monoisotopic (exact) mass is 408 g/mol. The number of hydrogen-bond acceptors (Lipinski definition) is 4. The number of nitrogens with zero attached hydrogens (tertiary/aromatic N) is 2. The predicted molar refractivity (Wildman–Crippen MR) is 114 cm³/mol. The fourth-order valence-corrected chi connectivity index (χ4v) is 4.03. The number of amides is 1. The Labute approximate surface area is 172 Å². The molecule has 3 aromatic carbocycles. The molecule has 140 valence electrons. The van der Waals surface area contributed by atoms with E-state index in [1.165, 1.54) is 11.3 Å².